The van der Waals surface area contributed by atoms with Gasteiger partial charge in [-0.1, -0.05) is 0 Å². The highest BCUT2D eigenvalue weighted by atomic mass is 35.5. The summed E-state index contributed by atoms with van der Waals surface area (Å²) in [5.74, 6) is -0.171. The van der Waals surface area contributed by atoms with Crippen LogP contribution >= 0.6 is 12.4 Å². The SMILES string of the molecule is COCC(N)C(=O)Nc1ccc(N2CCCS2(=O)=O)cc1.Cl. The Hall–Kier alpha value is -1.35. The zero-order valence-electron chi connectivity index (χ0n) is 12.2. The Morgan fingerprint density at radius 2 is 2.05 bits per heavy atom. The minimum atomic E-state index is -3.19. The van der Waals surface area contributed by atoms with E-state index in [0.29, 0.717) is 24.3 Å². The Labute approximate surface area is 136 Å². The van der Waals surface area contributed by atoms with E-state index < -0.39 is 16.1 Å². The molecule has 0 aromatic heterocycles. The van der Waals surface area contributed by atoms with Crippen molar-refractivity contribution in [3.05, 3.63) is 24.3 Å². The average molecular weight is 350 g/mol. The van der Waals surface area contributed by atoms with Gasteiger partial charge in [-0.3, -0.25) is 9.10 Å². The number of rotatable bonds is 5. The summed E-state index contributed by atoms with van der Waals surface area (Å²) < 4.78 is 29.8. The molecular formula is C13H20ClN3O4S. The van der Waals surface area contributed by atoms with Crippen LogP contribution in [0.5, 0.6) is 0 Å². The van der Waals surface area contributed by atoms with E-state index in [2.05, 4.69) is 5.32 Å². The lowest BCUT2D eigenvalue weighted by Gasteiger charge is -2.17. The fraction of sp³-hybridized carbons (Fsp3) is 0.462. The maximum absolute atomic E-state index is 11.8. The van der Waals surface area contributed by atoms with Gasteiger partial charge in [0.1, 0.15) is 6.04 Å². The van der Waals surface area contributed by atoms with Crippen molar-refractivity contribution in [1.82, 2.24) is 0 Å². The molecule has 7 nitrogen and oxygen atoms in total. The predicted molar refractivity (Wildman–Crippen MR) is 87.9 cm³/mol. The number of halogens is 1. The molecule has 1 aliphatic heterocycles. The molecule has 22 heavy (non-hydrogen) atoms. The number of hydrogen-bond acceptors (Lipinski definition) is 5. The molecule has 0 radical (unpaired) electrons. The number of methoxy groups -OCH3 is 1. The first-order valence-corrected chi connectivity index (χ1v) is 8.21. The van der Waals surface area contributed by atoms with Gasteiger partial charge in [-0.05, 0) is 30.7 Å². The maximum Gasteiger partial charge on any atom is 0.243 e. The summed E-state index contributed by atoms with van der Waals surface area (Å²) in [5, 5.41) is 2.65. The van der Waals surface area contributed by atoms with E-state index >= 15 is 0 Å². The normalized spacial score (nSPS) is 17.6. The van der Waals surface area contributed by atoms with Crippen molar-refractivity contribution in [3.63, 3.8) is 0 Å². The summed E-state index contributed by atoms with van der Waals surface area (Å²) in [7, 11) is -1.72. The van der Waals surface area contributed by atoms with Gasteiger partial charge in [-0.25, -0.2) is 8.42 Å². The van der Waals surface area contributed by atoms with Gasteiger partial charge in [0.2, 0.25) is 15.9 Å². The smallest absolute Gasteiger partial charge is 0.243 e. The maximum atomic E-state index is 11.8. The molecule has 1 heterocycles. The number of sulfonamides is 1. The highest BCUT2D eigenvalue weighted by molar-refractivity contribution is 7.93. The molecule has 0 spiro atoms. The van der Waals surface area contributed by atoms with Gasteiger partial charge in [0, 0.05) is 19.3 Å². The minimum Gasteiger partial charge on any atom is -0.383 e. The van der Waals surface area contributed by atoms with Crippen LogP contribution < -0.4 is 15.4 Å². The van der Waals surface area contributed by atoms with Crippen molar-refractivity contribution in [3.8, 4) is 0 Å². The number of anilines is 2. The van der Waals surface area contributed by atoms with Crippen LogP contribution in [-0.2, 0) is 19.6 Å². The van der Waals surface area contributed by atoms with Crippen LogP contribution in [0.2, 0.25) is 0 Å². The molecule has 1 aliphatic rings. The summed E-state index contributed by atoms with van der Waals surface area (Å²) in [4.78, 5) is 11.7. The Kier molecular flexibility index (Phi) is 6.61. The number of carbonyl (C=O) groups excluding carboxylic acids is 1. The van der Waals surface area contributed by atoms with Crippen molar-refractivity contribution in [2.24, 2.45) is 5.73 Å². The summed E-state index contributed by atoms with van der Waals surface area (Å²) in [5.41, 5.74) is 6.78. The van der Waals surface area contributed by atoms with E-state index in [0.717, 1.165) is 0 Å². The molecule has 1 aromatic rings. The van der Waals surface area contributed by atoms with E-state index in [1.165, 1.54) is 11.4 Å². The molecule has 3 N–H and O–H groups in total. The average Bonchev–Trinajstić information content (AvgIpc) is 2.79. The van der Waals surface area contributed by atoms with Crippen LogP contribution in [0.4, 0.5) is 11.4 Å². The summed E-state index contributed by atoms with van der Waals surface area (Å²) >= 11 is 0. The Bertz CT molecular complexity index is 606. The Morgan fingerprint density at radius 1 is 1.41 bits per heavy atom. The zero-order valence-corrected chi connectivity index (χ0v) is 13.8. The first-order chi connectivity index (χ1) is 9.94. The second-order valence-electron chi connectivity index (χ2n) is 4.84. The lowest BCUT2D eigenvalue weighted by atomic mass is 10.2. The summed E-state index contributed by atoms with van der Waals surface area (Å²) in [6.45, 7) is 0.628. The molecule has 1 fully saturated rings. The molecule has 9 heteroatoms. The van der Waals surface area contributed by atoms with E-state index in [1.54, 1.807) is 24.3 Å². The highest BCUT2D eigenvalue weighted by Gasteiger charge is 2.28. The highest BCUT2D eigenvalue weighted by Crippen LogP contribution is 2.25. The Morgan fingerprint density at radius 3 is 2.55 bits per heavy atom. The van der Waals surface area contributed by atoms with Crippen molar-refractivity contribution >= 4 is 39.7 Å². The fourth-order valence-electron chi connectivity index (χ4n) is 2.13. The van der Waals surface area contributed by atoms with Gasteiger partial charge < -0.3 is 15.8 Å². The standard InChI is InChI=1S/C13H19N3O4S.ClH/c1-20-9-12(14)13(17)15-10-3-5-11(6-4-10)16-7-2-8-21(16,18)19;/h3-6,12H,2,7-9,14H2,1H3,(H,15,17);1H. The number of nitrogens with zero attached hydrogens (tertiary/aromatic N) is 1. The molecule has 1 unspecified atom stereocenters. The molecule has 1 amide bonds. The van der Waals surface area contributed by atoms with Crippen molar-refractivity contribution in [2.75, 3.05) is 35.6 Å². The third kappa shape index (κ3) is 4.33. The number of amides is 1. The number of nitrogens with two attached hydrogens (primary N) is 1. The molecule has 1 saturated heterocycles. The van der Waals surface area contributed by atoms with Crippen LogP contribution in [0.15, 0.2) is 24.3 Å². The van der Waals surface area contributed by atoms with Crippen LogP contribution in [0.3, 0.4) is 0 Å². The number of hydrogen-bond donors (Lipinski definition) is 2. The number of carbonyl (C=O) groups is 1. The molecule has 1 atom stereocenters. The molecule has 0 bridgehead atoms. The topological polar surface area (TPSA) is 102 Å². The largest absolute Gasteiger partial charge is 0.383 e. The van der Waals surface area contributed by atoms with Crippen LogP contribution in [0.1, 0.15) is 6.42 Å². The van der Waals surface area contributed by atoms with Gasteiger partial charge in [0.05, 0.1) is 18.0 Å². The predicted octanol–water partition coefficient (Wildman–Crippen LogP) is 0.560. The van der Waals surface area contributed by atoms with Crippen LogP contribution in [0, 0.1) is 0 Å². The van der Waals surface area contributed by atoms with Crippen LogP contribution in [0.25, 0.3) is 0 Å². The molecule has 0 saturated carbocycles. The quantitative estimate of drug-likeness (QED) is 0.808. The van der Waals surface area contributed by atoms with Gasteiger partial charge >= 0.3 is 0 Å². The van der Waals surface area contributed by atoms with Gasteiger partial charge in [0.25, 0.3) is 0 Å². The van der Waals surface area contributed by atoms with E-state index in [4.69, 9.17) is 10.5 Å². The third-order valence-corrected chi connectivity index (χ3v) is 5.07. The monoisotopic (exact) mass is 349 g/mol. The first-order valence-electron chi connectivity index (χ1n) is 6.60. The second-order valence-corrected chi connectivity index (χ2v) is 6.85. The minimum absolute atomic E-state index is 0. The van der Waals surface area contributed by atoms with E-state index in [-0.39, 0.29) is 30.7 Å². The van der Waals surface area contributed by atoms with Gasteiger partial charge in [0.15, 0.2) is 0 Å². The van der Waals surface area contributed by atoms with Crippen molar-refractivity contribution in [1.29, 1.82) is 0 Å². The van der Waals surface area contributed by atoms with Crippen LogP contribution in [-0.4, -0.2) is 46.4 Å². The van der Waals surface area contributed by atoms with Gasteiger partial charge in [-0.2, -0.15) is 0 Å². The number of benzene rings is 1. The van der Waals surface area contributed by atoms with Crippen molar-refractivity contribution in [2.45, 2.75) is 12.5 Å². The van der Waals surface area contributed by atoms with Crippen molar-refractivity contribution < 1.29 is 17.9 Å². The lowest BCUT2D eigenvalue weighted by molar-refractivity contribution is -0.118. The lowest BCUT2D eigenvalue weighted by Crippen LogP contribution is -2.39. The molecular weight excluding hydrogens is 330 g/mol. The summed E-state index contributed by atoms with van der Waals surface area (Å²) in [6.07, 6.45) is 0.632. The molecule has 124 valence electrons. The first kappa shape index (κ1) is 18.7. The third-order valence-electron chi connectivity index (χ3n) is 3.21. The van der Waals surface area contributed by atoms with E-state index in [1.807, 2.05) is 0 Å². The fourth-order valence-corrected chi connectivity index (χ4v) is 3.70. The Balaban J connectivity index is 0.00000242. The number of nitrogens with one attached hydrogen (secondary N) is 1. The molecule has 0 aliphatic carbocycles. The summed E-state index contributed by atoms with van der Waals surface area (Å²) in [6, 6.07) is 5.90. The molecule has 1 aromatic carbocycles. The van der Waals surface area contributed by atoms with E-state index in [9.17, 15) is 13.2 Å². The number of ether oxygens (including phenoxy) is 1. The second kappa shape index (κ2) is 7.77. The zero-order chi connectivity index (χ0) is 15.5. The van der Waals surface area contributed by atoms with Gasteiger partial charge in [-0.15, -0.1) is 12.4 Å². The molecule has 2 rings (SSSR count).